The first-order valence-electron chi connectivity index (χ1n) is 6.06. The molecule has 19 heavy (non-hydrogen) atoms. The zero-order chi connectivity index (χ0) is 14.3. The van der Waals surface area contributed by atoms with Crippen LogP contribution in [0.3, 0.4) is 0 Å². The van der Waals surface area contributed by atoms with Crippen LogP contribution in [0.15, 0.2) is 18.4 Å². The Balaban J connectivity index is 2.18. The lowest BCUT2D eigenvalue weighted by atomic mass is 9.89. The number of hydrogen-bond donors (Lipinski definition) is 0. The third-order valence-corrected chi connectivity index (χ3v) is 3.58. The van der Waals surface area contributed by atoms with E-state index >= 15 is 0 Å². The van der Waals surface area contributed by atoms with Crippen LogP contribution in [0.1, 0.15) is 33.3 Å². The van der Waals surface area contributed by atoms with E-state index in [0.717, 1.165) is 12.4 Å². The summed E-state index contributed by atoms with van der Waals surface area (Å²) < 4.78 is 38.2. The molecule has 0 bridgehead atoms. The van der Waals surface area contributed by atoms with E-state index in [9.17, 15) is 8.78 Å². The molecular weight excluding hydrogens is 251 g/mol. The van der Waals surface area contributed by atoms with Crippen molar-refractivity contribution in [1.82, 2.24) is 4.98 Å². The maximum absolute atomic E-state index is 13.4. The van der Waals surface area contributed by atoms with Crippen LogP contribution in [0, 0.1) is 11.6 Å². The highest BCUT2D eigenvalue weighted by atomic mass is 19.1. The van der Waals surface area contributed by atoms with Crippen LogP contribution in [-0.2, 0) is 9.31 Å². The Morgan fingerprint density at radius 3 is 2.00 bits per heavy atom. The second-order valence-electron chi connectivity index (χ2n) is 5.50. The van der Waals surface area contributed by atoms with Crippen molar-refractivity contribution >= 4 is 13.2 Å². The number of halogens is 2. The van der Waals surface area contributed by atoms with E-state index in [1.165, 1.54) is 12.1 Å². The van der Waals surface area contributed by atoms with Gasteiger partial charge < -0.3 is 9.31 Å². The van der Waals surface area contributed by atoms with E-state index in [1.807, 2.05) is 27.7 Å². The second kappa shape index (κ2) is 4.69. The Bertz CT molecular complexity index is 481. The summed E-state index contributed by atoms with van der Waals surface area (Å²) >= 11 is 0. The van der Waals surface area contributed by atoms with Crippen LogP contribution < -0.4 is 0 Å². The van der Waals surface area contributed by atoms with Crippen molar-refractivity contribution in [3.63, 3.8) is 0 Å². The average Bonchev–Trinajstić information content (AvgIpc) is 2.46. The van der Waals surface area contributed by atoms with Gasteiger partial charge in [0.25, 0.3) is 0 Å². The van der Waals surface area contributed by atoms with E-state index in [1.54, 1.807) is 0 Å². The molecule has 6 heteroatoms. The van der Waals surface area contributed by atoms with Crippen LogP contribution in [0.5, 0.6) is 0 Å². The topological polar surface area (TPSA) is 31.4 Å². The molecule has 1 aromatic rings. The normalized spacial score (nSPS) is 21.3. The molecule has 0 aromatic carbocycles. The molecule has 2 rings (SSSR count). The highest BCUT2D eigenvalue weighted by Gasteiger charge is 2.50. The Kier molecular flexibility index (Phi) is 3.49. The van der Waals surface area contributed by atoms with Crippen LogP contribution in [-0.4, -0.2) is 23.3 Å². The molecule has 0 unspecified atom stereocenters. The molecule has 1 fully saturated rings. The molecule has 1 aliphatic heterocycles. The van der Waals surface area contributed by atoms with Gasteiger partial charge in [0.2, 0.25) is 0 Å². The Morgan fingerprint density at radius 1 is 1.05 bits per heavy atom. The molecule has 1 aromatic heterocycles. The maximum atomic E-state index is 13.4. The SMILES string of the molecule is CC1(C)OB(/C=C/c2c(F)cncc2F)OC1(C)C. The minimum absolute atomic E-state index is 0.148. The molecule has 1 saturated heterocycles. The minimum atomic E-state index is -0.715. The second-order valence-corrected chi connectivity index (χ2v) is 5.50. The van der Waals surface area contributed by atoms with Crippen LogP contribution in [0.2, 0.25) is 0 Å². The number of rotatable bonds is 2. The Morgan fingerprint density at radius 2 is 1.53 bits per heavy atom. The zero-order valence-electron chi connectivity index (χ0n) is 11.4. The standard InChI is InChI=1S/C13H16BF2NO2/c1-12(2)13(3,4)19-14(18-12)6-5-9-10(15)7-17-8-11(9)16/h5-8H,1-4H3/b6-5+. The van der Waals surface area contributed by atoms with Crippen molar-refractivity contribution in [3.8, 4) is 0 Å². The van der Waals surface area contributed by atoms with Gasteiger partial charge >= 0.3 is 7.12 Å². The summed E-state index contributed by atoms with van der Waals surface area (Å²) in [5.41, 5.74) is -1.10. The van der Waals surface area contributed by atoms with Crippen LogP contribution in [0.4, 0.5) is 8.78 Å². The first kappa shape index (κ1) is 14.2. The number of pyridine rings is 1. The number of hydrogen-bond acceptors (Lipinski definition) is 3. The lowest BCUT2D eigenvalue weighted by Gasteiger charge is -2.32. The predicted octanol–water partition coefficient (Wildman–Crippen LogP) is 3.00. The van der Waals surface area contributed by atoms with E-state index in [0.29, 0.717) is 0 Å². The fourth-order valence-electron chi connectivity index (χ4n) is 1.72. The molecule has 0 atom stereocenters. The summed E-state index contributed by atoms with van der Waals surface area (Å²) in [6.07, 6.45) is 3.24. The number of nitrogens with zero attached hydrogens (tertiary/aromatic N) is 1. The Hall–Kier alpha value is -1.27. The highest BCUT2D eigenvalue weighted by Crippen LogP contribution is 2.37. The molecule has 0 saturated carbocycles. The summed E-state index contributed by atoms with van der Waals surface area (Å²) in [5.74, 6) is 0.0679. The molecule has 102 valence electrons. The molecule has 0 radical (unpaired) electrons. The van der Waals surface area contributed by atoms with Gasteiger partial charge in [-0.25, -0.2) is 8.78 Å². The maximum Gasteiger partial charge on any atom is 0.487 e. The lowest BCUT2D eigenvalue weighted by molar-refractivity contribution is 0.00578. The minimum Gasteiger partial charge on any atom is -0.400 e. The molecule has 1 aliphatic rings. The third-order valence-electron chi connectivity index (χ3n) is 3.58. The van der Waals surface area contributed by atoms with Gasteiger partial charge in [-0.2, -0.15) is 0 Å². The van der Waals surface area contributed by atoms with Crippen molar-refractivity contribution < 1.29 is 18.1 Å². The largest absolute Gasteiger partial charge is 0.487 e. The molecule has 2 heterocycles. The van der Waals surface area contributed by atoms with Crippen LogP contribution in [0.25, 0.3) is 6.08 Å². The highest BCUT2D eigenvalue weighted by molar-refractivity contribution is 6.52. The monoisotopic (exact) mass is 267 g/mol. The van der Waals surface area contributed by atoms with E-state index < -0.39 is 30.0 Å². The van der Waals surface area contributed by atoms with Gasteiger partial charge in [0.1, 0.15) is 0 Å². The smallest absolute Gasteiger partial charge is 0.400 e. The van der Waals surface area contributed by atoms with E-state index in [4.69, 9.17) is 9.31 Å². The fraction of sp³-hybridized carbons (Fsp3) is 0.462. The summed E-state index contributed by atoms with van der Waals surface area (Å²) in [6.45, 7) is 7.64. The Labute approximate surface area is 111 Å². The predicted molar refractivity (Wildman–Crippen MR) is 69.3 cm³/mol. The first-order valence-corrected chi connectivity index (χ1v) is 6.06. The summed E-state index contributed by atoms with van der Waals surface area (Å²) in [5, 5.41) is 0. The summed E-state index contributed by atoms with van der Waals surface area (Å²) in [6, 6.07) is 0. The average molecular weight is 267 g/mol. The molecule has 0 amide bonds. The summed E-state index contributed by atoms with van der Waals surface area (Å²) in [7, 11) is -0.628. The lowest BCUT2D eigenvalue weighted by Crippen LogP contribution is -2.41. The molecule has 0 spiro atoms. The van der Waals surface area contributed by atoms with Crippen molar-refractivity contribution in [3.05, 3.63) is 35.6 Å². The van der Waals surface area contributed by atoms with Gasteiger partial charge in [-0.1, -0.05) is 12.1 Å². The molecular formula is C13H16BF2NO2. The fourth-order valence-corrected chi connectivity index (χ4v) is 1.72. The van der Waals surface area contributed by atoms with Gasteiger partial charge in [0, 0.05) is 5.56 Å². The van der Waals surface area contributed by atoms with E-state index in [-0.39, 0.29) is 5.56 Å². The van der Waals surface area contributed by atoms with Gasteiger partial charge in [0.15, 0.2) is 11.6 Å². The third kappa shape index (κ3) is 2.69. The van der Waals surface area contributed by atoms with E-state index in [2.05, 4.69) is 4.98 Å². The van der Waals surface area contributed by atoms with Crippen molar-refractivity contribution in [2.75, 3.05) is 0 Å². The summed E-state index contributed by atoms with van der Waals surface area (Å²) in [4.78, 5) is 3.42. The van der Waals surface area contributed by atoms with Crippen molar-refractivity contribution in [2.45, 2.75) is 38.9 Å². The van der Waals surface area contributed by atoms with Gasteiger partial charge in [-0.3, -0.25) is 4.98 Å². The molecule has 0 N–H and O–H groups in total. The van der Waals surface area contributed by atoms with Crippen molar-refractivity contribution in [1.29, 1.82) is 0 Å². The van der Waals surface area contributed by atoms with Gasteiger partial charge in [-0.15, -0.1) is 0 Å². The van der Waals surface area contributed by atoms with Crippen LogP contribution >= 0.6 is 0 Å². The zero-order valence-corrected chi connectivity index (χ0v) is 11.4. The quantitative estimate of drug-likeness (QED) is 0.772. The first-order chi connectivity index (χ1) is 8.73. The molecule has 3 nitrogen and oxygen atoms in total. The number of aromatic nitrogens is 1. The van der Waals surface area contributed by atoms with Crippen molar-refractivity contribution in [2.24, 2.45) is 0 Å². The van der Waals surface area contributed by atoms with Gasteiger partial charge in [-0.05, 0) is 27.7 Å². The van der Waals surface area contributed by atoms with Gasteiger partial charge in [0.05, 0.1) is 23.6 Å². The molecule has 0 aliphatic carbocycles.